The number of methoxy groups -OCH3 is 1. The lowest BCUT2D eigenvalue weighted by atomic mass is 9.90. The highest BCUT2D eigenvalue weighted by molar-refractivity contribution is 6.30. The summed E-state index contributed by atoms with van der Waals surface area (Å²) in [6.07, 6.45) is 2.78. The van der Waals surface area contributed by atoms with E-state index in [1.807, 2.05) is 24.3 Å². The molecule has 152 valence electrons. The summed E-state index contributed by atoms with van der Waals surface area (Å²) in [6.45, 7) is 5.59. The number of nitrogens with zero attached hydrogens (tertiary/aromatic N) is 2. The smallest absolute Gasteiger partial charge is 0.209 e. The van der Waals surface area contributed by atoms with Crippen LogP contribution >= 0.6 is 11.6 Å². The van der Waals surface area contributed by atoms with Crippen molar-refractivity contribution in [3.63, 3.8) is 0 Å². The minimum absolute atomic E-state index is 0.169. The molecule has 6 heteroatoms. The van der Waals surface area contributed by atoms with Gasteiger partial charge in [-0.2, -0.15) is 5.10 Å². The first-order valence-corrected chi connectivity index (χ1v) is 10.8. The first-order valence-electron chi connectivity index (χ1n) is 10.5. The maximum Gasteiger partial charge on any atom is 0.209 e. The molecule has 1 atom stereocenters. The van der Waals surface area contributed by atoms with E-state index in [0.717, 1.165) is 72.3 Å². The Hall–Kier alpha value is -2.24. The molecular weight excluding hydrogens is 386 g/mol. The van der Waals surface area contributed by atoms with E-state index < -0.39 is 5.72 Å². The molecule has 0 amide bonds. The number of piperidine rings is 1. The van der Waals surface area contributed by atoms with Gasteiger partial charge in [-0.1, -0.05) is 35.9 Å². The molecule has 1 spiro atoms. The summed E-state index contributed by atoms with van der Waals surface area (Å²) in [5, 5.41) is 8.12. The zero-order valence-corrected chi connectivity index (χ0v) is 17.7. The van der Waals surface area contributed by atoms with Gasteiger partial charge in [0.1, 0.15) is 0 Å². The normalized spacial score (nSPS) is 27.8. The molecule has 0 radical (unpaired) electrons. The molecule has 0 saturated carbocycles. The largest absolute Gasteiger partial charge is 0.493 e. The Morgan fingerprint density at radius 1 is 1.21 bits per heavy atom. The summed E-state index contributed by atoms with van der Waals surface area (Å²) >= 11 is 6.10. The lowest BCUT2D eigenvalue weighted by molar-refractivity contribution is -0.906. The summed E-state index contributed by atoms with van der Waals surface area (Å²) < 4.78 is 12.4. The molecule has 1 N–H and O–H groups in total. The molecule has 5 nitrogen and oxygen atoms in total. The number of para-hydroxylation sites is 1. The van der Waals surface area contributed by atoms with Crippen LogP contribution in [-0.2, 0) is 0 Å². The standard InChI is InChI=1S/C23H26ClN3O2/c1-3-26-13-11-23(12-14-26)27-20(18-5-4-6-21(28-2)22(18)29-23)15-19(25-27)16-7-9-17(24)10-8-16/h4-10,20H,3,11-15H2,1-2H3/p+1/t20-/m0/s1. The average Bonchev–Trinajstić information content (AvgIpc) is 3.21. The second-order valence-corrected chi connectivity index (χ2v) is 8.58. The molecule has 3 heterocycles. The second-order valence-electron chi connectivity index (χ2n) is 8.15. The fraction of sp³-hybridized carbons (Fsp3) is 0.435. The fourth-order valence-electron chi connectivity index (χ4n) is 4.93. The van der Waals surface area contributed by atoms with Crippen molar-refractivity contribution in [2.45, 2.75) is 38.0 Å². The number of benzene rings is 2. The molecule has 2 aromatic rings. The third-order valence-electron chi connectivity index (χ3n) is 6.62. The lowest BCUT2D eigenvalue weighted by Crippen LogP contribution is -3.13. The number of quaternary nitrogens is 1. The van der Waals surface area contributed by atoms with Gasteiger partial charge in [-0.15, -0.1) is 0 Å². The summed E-state index contributed by atoms with van der Waals surface area (Å²) in [5.74, 6) is 1.70. The Morgan fingerprint density at radius 2 is 1.97 bits per heavy atom. The van der Waals surface area contributed by atoms with E-state index in [1.54, 1.807) is 12.0 Å². The van der Waals surface area contributed by atoms with Crippen LogP contribution in [0.15, 0.2) is 47.6 Å². The molecule has 2 aromatic carbocycles. The number of fused-ring (bicyclic) bond motifs is 4. The van der Waals surface area contributed by atoms with Crippen LogP contribution in [0.5, 0.6) is 11.5 Å². The van der Waals surface area contributed by atoms with Gasteiger partial charge < -0.3 is 14.4 Å². The molecule has 3 aliphatic heterocycles. The monoisotopic (exact) mass is 412 g/mol. The quantitative estimate of drug-likeness (QED) is 0.840. The number of ether oxygens (including phenoxy) is 2. The van der Waals surface area contributed by atoms with E-state index in [9.17, 15) is 0 Å². The number of rotatable bonds is 3. The number of likely N-dealkylation sites (tertiary alicyclic amines) is 1. The van der Waals surface area contributed by atoms with Crippen LogP contribution < -0.4 is 14.4 Å². The first kappa shape index (κ1) is 18.8. The van der Waals surface area contributed by atoms with Gasteiger partial charge in [-0.3, -0.25) is 0 Å². The summed E-state index contributed by atoms with van der Waals surface area (Å²) in [4.78, 5) is 1.63. The van der Waals surface area contributed by atoms with Gasteiger partial charge in [-0.25, -0.2) is 5.01 Å². The molecule has 0 aromatic heterocycles. The van der Waals surface area contributed by atoms with Crippen molar-refractivity contribution in [3.8, 4) is 11.5 Å². The van der Waals surface area contributed by atoms with Crippen molar-refractivity contribution in [2.75, 3.05) is 26.7 Å². The number of hydrazone groups is 1. The van der Waals surface area contributed by atoms with Gasteiger partial charge in [0.2, 0.25) is 5.72 Å². The van der Waals surface area contributed by atoms with E-state index in [4.69, 9.17) is 26.2 Å². The van der Waals surface area contributed by atoms with E-state index in [2.05, 4.69) is 30.1 Å². The van der Waals surface area contributed by atoms with Crippen molar-refractivity contribution in [2.24, 2.45) is 5.10 Å². The molecule has 1 saturated heterocycles. The average molecular weight is 413 g/mol. The van der Waals surface area contributed by atoms with Crippen LogP contribution in [-0.4, -0.2) is 43.2 Å². The zero-order valence-electron chi connectivity index (χ0n) is 17.0. The SMILES string of the molecule is CC[NH+]1CCC2(CC1)Oc1c(OC)cccc1[C@@H]1CC(c3ccc(Cl)cc3)=NN12. The molecule has 29 heavy (non-hydrogen) atoms. The molecule has 5 rings (SSSR count). The van der Waals surface area contributed by atoms with Gasteiger partial charge in [0.05, 0.1) is 51.3 Å². The number of halogens is 1. The fourth-order valence-corrected chi connectivity index (χ4v) is 5.05. The van der Waals surface area contributed by atoms with E-state index in [0.29, 0.717) is 0 Å². The number of hydrogen-bond acceptors (Lipinski definition) is 4. The van der Waals surface area contributed by atoms with Crippen molar-refractivity contribution in [3.05, 3.63) is 58.6 Å². The van der Waals surface area contributed by atoms with Crippen LogP contribution in [0.3, 0.4) is 0 Å². The van der Waals surface area contributed by atoms with E-state index in [-0.39, 0.29) is 6.04 Å². The van der Waals surface area contributed by atoms with Crippen molar-refractivity contribution in [1.82, 2.24) is 5.01 Å². The Bertz CT molecular complexity index is 936. The molecule has 0 aliphatic carbocycles. The Morgan fingerprint density at radius 3 is 2.66 bits per heavy atom. The highest BCUT2D eigenvalue weighted by atomic mass is 35.5. The molecular formula is C23H27ClN3O2+. The molecule has 3 aliphatic rings. The first-order chi connectivity index (χ1) is 14.1. The van der Waals surface area contributed by atoms with Crippen LogP contribution in [0.25, 0.3) is 0 Å². The van der Waals surface area contributed by atoms with Gasteiger partial charge in [0, 0.05) is 17.0 Å². The summed E-state index contributed by atoms with van der Waals surface area (Å²) in [5.41, 5.74) is 2.97. The highest BCUT2D eigenvalue weighted by Crippen LogP contribution is 2.52. The van der Waals surface area contributed by atoms with Gasteiger partial charge >= 0.3 is 0 Å². The Balaban J connectivity index is 1.57. The van der Waals surface area contributed by atoms with E-state index in [1.165, 1.54) is 0 Å². The lowest BCUT2D eigenvalue weighted by Gasteiger charge is -2.50. The maximum atomic E-state index is 6.75. The Labute approximate surface area is 176 Å². The van der Waals surface area contributed by atoms with Crippen molar-refractivity contribution < 1.29 is 14.4 Å². The van der Waals surface area contributed by atoms with E-state index >= 15 is 0 Å². The minimum Gasteiger partial charge on any atom is -0.493 e. The number of hydrogen-bond donors (Lipinski definition) is 1. The second kappa shape index (κ2) is 7.22. The molecule has 0 bridgehead atoms. The predicted octanol–water partition coefficient (Wildman–Crippen LogP) is 3.29. The van der Waals surface area contributed by atoms with Gasteiger partial charge in [0.15, 0.2) is 11.5 Å². The highest BCUT2D eigenvalue weighted by Gasteiger charge is 2.53. The van der Waals surface area contributed by atoms with Crippen molar-refractivity contribution >= 4 is 17.3 Å². The predicted molar refractivity (Wildman–Crippen MR) is 114 cm³/mol. The summed E-state index contributed by atoms with van der Waals surface area (Å²) in [6, 6.07) is 14.3. The molecule has 1 fully saturated rings. The number of nitrogens with one attached hydrogen (secondary N) is 1. The van der Waals surface area contributed by atoms with Gasteiger partial charge in [-0.05, 0) is 30.7 Å². The maximum absolute atomic E-state index is 6.75. The zero-order chi connectivity index (χ0) is 20.0. The minimum atomic E-state index is -0.404. The van der Waals surface area contributed by atoms with Crippen molar-refractivity contribution in [1.29, 1.82) is 0 Å². The van der Waals surface area contributed by atoms with Crippen LogP contribution in [0.4, 0.5) is 0 Å². The van der Waals surface area contributed by atoms with Crippen LogP contribution in [0, 0.1) is 0 Å². The molecule has 0 unspecified atom stereocenters. The summed E-state index contributed by atoms with van der Waals surface area (Å²) in [7, 11) is 1.71. The topological polar surface area (TPSA) is 38.5 Å². The third-order valence-corrected chi connectivity index (χ3v) is 6.88. The van der Waals surface area contributed by atoms with Crippen LogP contribution in [0.2, 0.25) is 5.02 Å². The van der Waals surface area contributed by atoms with Crippen LogP contribution in [0.1, 0.15) is 43.4 Å². The third kappa shape index (κ3) is 3.08. The van der Waals surface area contributed by atoms with Gasteiger partial charge in [0.25, 0.3) is 0 Å². The Kier molecular flexibility index (Phi) is 4.67.